The number of amides is 2. The van der Waals surface area contributed by atoms with Crippen LogP contribution in [0.25, 0.3) is 12.2 Å². The number of nitrogens with one attached hydrogen (secondary N) is 1. The van der Waals surface area contributed by atoms with Gasteiger partial charge in [-0.25, -0.2) is 10.5 Å². The van der Waals surface area contributed by atoms with E-state index >= 15 is 0 Å². The molecule has 3 rings (SSSR count). The number of hydroxylamine groups is 1. The number of nitrogens with zero attached hydrogens (tertiary/aromatic N) is 2. The second kappa shape index (κ2) is 10.4. The summed E-state index contributed by atoms with van der Waals surface area (Å²) in [6.45, 7) is 1.42. The van der Waals surface area contributed by atoms with Crippen LogP contribution < -0.4 is 10.2 Å². The molecule has 2 amide bonds. The van der Waals surface area contributed by atoms with Crippen molar-refractivity contribution in [3.8, 4) is 5.75 Å². The van der Waals surface area contributed by atoms with Gasteiger partial charge in [0.25, 0.3) is 5.91 Å². The topological polar surface area (TPSA) is 91.8 Å². The van der Waals surface area contributed by atoms with Crippen LogP contribution in [0.5, 0.6) is 5.75 Å². The van der Waals surface area contributed by atoms with Crippen LogP contribution in [0.4, 0.5) is 0 Å². The molecule has 0 saturated carbocycles. The van der Waals surface area contributed by atoms with Gasteiger partial charge in [-0.1, -0.05) is 18.2 Å². The van der Waals surface area contributed by atoms with E-state index in [-0.39, 0.29) is 5.91 Å². The lowest BCUT2D eigenvalue weighted by atomic mass is 9.90. The van der Waals surface area contributed by atoms with Gasteiger partial charge in [-0.15, -0.1) is 0 Å². The summed E-state index contributed by atoms with van der Waals surface area (Å²) >= 11 is 0. The first-order valence-corrected chi connectivity index (χ1v) is 9.79. The molecule has 1 atom stereocenters. The fraction of sp³-hybridized carbons (Fsp3) is 0.261. The summed E-state index contributed by atoms with van der Waals surface area (Å²) < 4.78 is 5.22. The summed E-state index contributed by atoms with van der Waals surface area (Å²) in [5, 5.41) is 8.52. The average molecular weight is 407 g/mol. The van der Waals surface area contributed by atoms with Crippen LogP contribution in [0.1, 0.15) is 35.7 Å². The zero-order valence-corrected chi connectivity index (χ0v) is 16.8. The minimum absolute atomic E-state index is 0.0457. The molecule has 156 valence electrons. The van der Waals surface area contributed by atoms with Crippen LogP contribution in [-0.4, -0.2) is 47.1 Å². The molecule has 7 heteroatoms. The number of rotatable bonds is 6. The van der Waals surface area contributed by atoms with Gasteiger partial charge in [-0.05, 0) is 54.8 Å². The molecule has 0 radical (unpaired) electrons. The van der Waals surface area contributed by atoms with Crippen molar-refractivity contribution in [3.63, 3.8) is 0 Å². The number of hydrogen-bond acceptors (Lipinski definition) is 5. The Bertz CT molecular complexity index is 938. The maximum absolute atomic E-state index is 12.7. The van der Waals surface area contributed by atoms with E-state index in [9.17, 15) is 9.59 Å². The van der Waals surface area contributed by atoms with Gasteiger partial charge >= 0.3 is 0 Å². The van der Waals surface area contributed by atoms with E-state index in [1.807, 2.05) is 17.0 Å². The molecule has 1 fully saturated rings. The molecule has 0 bridgehead atoms. The Morgan fingerprint density at radius 3 is 2.50 bits per heavy atom. The predicted molar refractivity (Wildman–Crippen MR) is 114 cm³/mol. The molecule has 1 saturated heterocycles. The molecule has 1 aromatic heterocycles. The van der Waals surface area contributed by atoms with Crippen molar-refractivity contribution in [2.75, 3.05) is 20.2 Å². The van der Waals surface area contributed by atoms with Crippen molar-refractivity contribution in [3.05, 3.63) is 71.6 Å². The molecule has 0 aliphatic carbocycles. The SMILES string of the molecule is COc1ccc(C2CCCN(C(=O)C=Cc3cccc(C=CC(=O)NO)n3)C2)cc1. The van der Waals surface area contributed by atoms with Crippen molar-refractivity contribution in [2.45, 2.75) is 18.8 Å². The van der Waals surface area contributed by atoms with Gasteiger partial charge in [-0.3, -0.25) is 14.8 Å². The van der Waals surface area contributed by atoms with Crippen molar-refractivity contribution in [1.82, 2.24) is 15.4 Å². The Kier molecular flexibility index (Phi) is 7.34. The normalized spacial score (nSPS) is 16.7. The van der Waals surface area contributed by atoms with Crippen molar-refractivity contribution in [1.29, 1.82) is 0 Å². The molecular weight excluding hydrogens is 382 g/mol. The first-order valence-electron chi connectivity index (χ1n) is 9.79. The average Bonchev–Trinajstić information content (AvgIpc) is 2.81. The summed E-state index contributed by atoms with van der Waals surface area (Å²) in [6.07, 6.45) is 7.87. The van der Waals surface area contributed by atoms with E-state index in [0.717, 1.165) is 25.1 Å². The molecule has 1 aromatic carbocycles. The zero-order valence-electron chi connectivity index (χ0n) is 16.8. The number of piperidine rings is 1. The lowest BCUT2D eigenvalue weighted by Gasteiger charge is -2.32. The summed E-state index contributed by atoms with van der Waals surface area (Å²) in [5.41, 5.74) is 3.89. The van der Waals surface area contributed by atoms with E-state index in [4.69, 9.17) is 9.94 Å². The maximum Gasteiger partial charge on any atom is 0.267 e. The van der Waals surface area contributed by atoms with Crippen LogP contribution >= 0.6 is 0 Å². The van der Waals surface area contributed by atoms with Crippen LogP contribution in [0.2, 0.25) is 0 Å². The Morgan fingerprint density at radius 2 is 1.83 bits per heavy atom. The van der Waals surface area contributed by atoms with E-state index < -0.39 is 5.91 Å². The summed E-state index contributed by atoms with van der Waals surface area (Å²) in [5.74, 6) is 0.457. The van der Waals surface area contributed by atoms with Crippen molar-refractivity contribution in [2.24, 2.45) is 0 Å². The third-order valence-electron chi connectivity index (χ3n) is 5.02. The Balaban J connectivity index is 1.63. The number of aromatic nitrogens is 1. The van der Waals surface area contributed by atoms with E-state index in [1.165, 1.54) is 29.3 Å². The lowest BCUT2D eigenvalue weighted by molar-refractivity contribution is -0.127. The van der Waals surface area contributed by atoms with Gasteiger partial charge in [0.2, 0.25) is 5.91 Å². The number of carbonyl (C=O) groups excluding carboxylic acids is 2. The highest BCUT2D eigenvalue weighted by Gasteiger charge is 2.23. The van der Waals surface area contributed by atoms with E-state index in [1.54, 1.807) is 31.4 Å². The molecule has 0 spiro atoms. The van der Waals surface area contributed by atoms with Crippen LogP contribution in [0, 0.1) is 0 Å². The number of hydrogen-bond donors (Lipinski definition) is 2. The van der Waals surface area contributed by atoms with E-state index in [2.05, 4.69) is 17.1 Å². The number of benzene rings is 1. The molecule has 1 unspecified atom stereocenters. The minimum Gasteiger partial charge on any atom is -0.497 e. The third-order valence-corrected chi connectivity index (χ3v) is 5.02. The van der Waals surface area contributed by atoms with Gasteiger partial charge in [0.1, 0.15) is 5.75 Å². The molecule has 1 aliphatic heterocycles. The summed E-state index contributed by atoms with van der Waals surface area (Å²) in [6, 6.07) is 13.3. The molecule has 1 aliphatic rings. The zero-order chi connectivity index (χ0) is 21.3. The molecule has 2 N–H and O–H groups in total. The fourth-order valence-corrected chi connectivity index (χ4v) is 3.44. The predicted octanol–water partition coefficient (Wildman–Crippen LogP) is 3.03. The van der Waals surface area contributed by atoms with Gasteiger partial charge in [0, 0.05) is 31.2 Å². The smallest absolute Gasteiger partial charge is 0.267 e. The van der Waals surface area contributed by atoms with Crippen LogP contribution in [0.15, 0.2) is 54.6 Å². The maximum atomic E-state index is 12.7. The minimum atomic E-state index is -0.635. The quantitative estimate of drug-likeness (QED) is 0.436. The first-order chi connectivity index (χ1) is 14.6. The van der Waals surface area contributed by atoms with Gasteiger partial charge in [-0.2, -0.15) is 0 Å². The monoisotopic (exact) mass is 407 g/mol. The number of methoxy groups -OCH3 is 1. The highest BCUT2D eigenvalue weighted by Crippen LogP contribution is 2.28. The van der Waals surface area contributed by atoms with Crippen molar-refractivity contribution >= 4 is 24.0 Å². The highest BCUT2D eigenvalue weighted by molar-refractivity contribution is 5.92. The number of likely N-dealkylation sites (tertiary alicyclic amines) is 1. The highest BCUT2D eigenvalue weighted by atomic mass is 16.5. The summed E-state index contributed by atoms with van der Waals surface area (Å²) in [4.78, 5) is 30.0. The van der Waals surface area contributed by atoms with Crippen LogP contribution in [-0.2, 0) is 9.59 Å². The van der Waals surface area contributed by atoms with E-state index in [0.29, 0.717) is 23.9 Å². The summed E-state index contributed by atoms with van der Waals surface area (Å²) in [7, 11) is 1.65. The molecule has 2 aromatic rings. The third kappa shape index (κ3) is 5.78. The Labute approximate surface area is 175 Å². The van der Waals surface area contributed by atoms with Crippen molar-refractivity contribution < 1.29 is 19.5 Å². The standard InChI is InChI=1S/C23H25N3O4/c1-30-21-11-7-17(8-12-21)18-4-3-15-26(16-18)23(28)14-10-20-6-2-5-19(24-20)9-13-22(27)25-29/h2,5-14,18,29H,3-4,15-16H2,1H3,(H,25,27). The molecule has 30 heavy (non-hydrogen) atoms. The van der Waals surface area contributed by atoms with Gasteiger partial charge in [0.15, 0.2) is 0 Å². The molecular formula is C23H25N3O4. The van der Waals surface area contributed by atoms with Gasteiger partial charge in [0.05, 0.1) is 18.5 Å². The first kappa shape index (κ1) is 21.3. The lowest BCUT2D eigenvalue weighted by Crippen LogP contribution is -2.38. The fourth-order valence-electron chi connectivity index (χ4n) is 3.44. The second-order valence-electron chi connectivity index (χ2n) is 7.03. The number of ether oxygens (including phenoxy) is 1. The largest absolute Gasteiger partial charge is 0.497 e. The number of pyridine rings is 1. The number of carbonyl (C=O) groups is 2. The second-order valence-corrected chi connectivity index (χ2v) is 7.03. The van der Waals surface area contributed by atoms with Gasteiger partial charge < -0.3 is 9.64 Å². The van der Waals surface area contributed by atoms with Crippen LogP contribution in [0.3, 0.4) is 0 Å². The molecule has 7 nitrogen and oxygen atoms in total. The Morgan fingerprint density at radius 1 is 1.13 bits per heavy atom. The molecule has 2 heterocycles. The Hall–Kier alpha value is -3.45.